The van der Waals surface area contributed by atoms with E-state index in [0.717, 1.165) is 11.3 Å². The molecule has 4 aromatic rings. The van der Waals surface area contributed by atoms with Crippen molar-refractivity contribution in [3.8, 4) is 5.75 Å². The van der Waals surface area contributed by atoms with Crippen LogP contribution in [0.15, 0.2) is 118 Å². The van der Waals surface area contributed by atoms with Gasteiger partial charge in [-0.25, -0.2) is 10.2 Å². The van der Waals surface area contributed by atoms with E-state index in [1.165, 1.54) is 6.21 Å². The molecule has 0 unspecified atom stereocenters. The van der Waals surface area contributed by atoms with Crippen molar-refractivity contribution in [3.63, 3.8) is 0 Å². The highest BCUT2D eigenvalue weighted by Gasteiger charge is 2.15. The average molecular weight is 611 g/mol. The fourth-order valence-electron chi connectivity index (χ4n) is 3.61. The first kappa shape index (κ1) is 29.0. The molecule has 0 aromatic heterocycles. The van der Waals surface area contributed by atoms with E-state index >= 15 is 0 Å². The van der Waals surface area contributed by atoms with E-state index in [-0.39, 0.29) is 5.70 Å². The van der Waals surface area contributed by atoms with E-state index in [9.17, 15) is 14.4 Å². The molecular formula is C32H27BrN4O4. The molecule has 0 aliphatic rings. The Hall–Kier alpha value is -5.02. The number of carbonyl (C=O) groups is 3. The summed E-state index contributed by atoms with van der Waals surface area (Å²) in [6.07, 6.45) is 3.03. The number of anilines is 1. The van der Waals surface area contributed by atoms with Gasteiger partial charge < -0.3 is 15.0 Å². The van der Waals surface area contributed by atoms with E-state index in [1.807, 2.05) is 49.3 Å². The van der Waals surface area contributed by atoms with Crippen LogP contribution in [0, 0.1) is 0 Å². The lowest BCUT2D eigenvalue weighted by molar-refractivity contribution is -0.117. The van der Waals surface area contributed by atoms with Crippen molar-refractivity contribution in [2.75, 3.05) is 19.0 Å². The number of benzene rings is 4. The number of rotatable bonds is 9. The summed E-state index contributed by atoms with van der Waals surface area (Å²) in [5, 5.41) is 6.72. The Balaban J connectivity index is 1.44. The van der Waals surface area contributed by atoms with Crippen LogP contribution >= 0.6 is 15.9 Å². The van der Waals surface area contributed by atoms with E-state index in [1.54, 1.807) is 78.9 Å². The molecule has 0 saturated carbocycles. The van der Waals surface area contributed by atoms with Gasteiger partial charge in [-0.3, -0.25) is 9.59 Å². The summed E-state index contributed by atoms with van der Waals surface area (Å²) in [4.78, 5) is 40.2. The van der Waals surface area contributed by atoms with Crippen LogP contribution in [0.5, 0.6) is 5.75 Å². The second-order valence-electron chi connectivity index (χ2n) is 9.00. The standard InChI is InChI=1S/C32H27BrN4O4/c1-37(2)25-16-12-22(13-17-25)20-29(35-30(38)24-8-4-3-5-9-24)31(39)36-34-21-23-14-18-26(19-15-23)41-32(40)27-10-6-7-11-28(27)33/h3-21H,1-2H3,(H,35,38)(H,36,39)/b29-20-,34-21+. The fraction of sp³-hybridized carbons (Fsp3) is 0.0625. The predicted molar refractivity (Wildman–Crippen MR) is 164 cm³/mol. The molecule has 0 aliphatic carbocycles. The van der Waals surface area contributed by atoms with Gasteiger partial charge in [0.15, 0.2) is 0 Å². The first-order valence-corrected chi connectivity index (χ1v) is 13.3. The number of hydrogen-bond donors (Lipinski definition) is 2. The molecule has 0 aliphatic heterocycles. The average Bonchev–Trinajstić information content (AvgIpc) is 2.98. The first-order chi connectivity index (χ1) is 19.8. The molecule has 0 saturated heterocycles. The van der Waals surface area contributed by atoms with Gasteiger partial charge in [0.1, 0.15) is 11.4 Å². The number of hydrazone groups is 1. The number of amides is 2. The van der Waals surface area contributed by atoms with Crippen LogP contribution in [-0.2, 0) is 4.79 Å². The van der Waals surface area contributed by atoms with Gasteiger partial charge in [-0.15, -0.1) is 0 Å². The first-order valence-electron chi connectivity index (χ1n) is 12.6. The minimum Gasteiger partial charge on any atom is -0.423 e. The zero-order chi connectivity index (χ0) is 29.2. The van der Waals surface area contributed by atoms with Crippen molar-refractivity contribution < 1.29 is 19.1 Å². The third kappa shape index (κ3) is 8.23. The van der Waals surface area contributed by atoms with Gasteiger partial charge in [-0.2, -0.15) is 5.10 Å². The molecule has 41 heavy (non-hydrogen) atoms. The number of nitrogens with zero attached hydrogens (tertiary/aromatic N) is 2. The molecule has 0 fully saturated rings. The van der Waals surface area contributed by atoms with Crippen molar-refractivity contribution in [1.29, 1.82) is 0 Å². The summed E-state index contributed by atoms with van der Waals surface area (Å²) in [5.74, 6) is -1.14. The van der Waals surface area contributed by atoms with Crippen molar-refractivity contribution in [2.45, 2.75) is 0 Å². The Morgan fingerprint density at radius 1 is 0.805 bits per heavy atom. The number of esters is 1. The molecule has 8 nitrogen and oxygen atoms in total. The largest absolute Gasteiger partial charge is 0.423 e. The van der Waals surface area contributed by atoms with Gasteiger partial charge in [0.25, 0.3) is 11.8 Å². The third-order valence-corrected chi connectivity index (χ3v) is 6.50. The lowest BCUT2D eigenvalue weighted by atomic mass is 10.1. The highest BCUT2D eigenvalue weighted by atomic mass is 79.9. The Bertz CT molecular complexity index is 1580. The number of hydrogen-bond acceptors (Lipinski definition) is 6. The highest BCUT2D eigenvalue weighted by Crippen LogP contribution is 2.19. The zero-order valence-electron chi connectivity index (χ0n) is 22.4. The minimum atomic E-state index is -0.596. The molecule has 2 N–H and O–H groups in total. The summed E-state index contributed by atoms with van der Waals surface area (Å²) in [6.45, 7) is 0. The SMILES string of the molecule is CN(C)c1ccc(/C=C(\NC(=O)c2ccccc2)C(=O)N/N=C/c2ccc(OC(=O)c3ccccc3Br)cc2)cc1. The van der Waals surface area contributed by atoms with Crippen LogP contribution in [0.1, 0.15) is 31.8 Å². The quantitative estimate of drug-likeness (QED) is 0.0838. The topological polar surface area (TPSA) is 100 Å². The molecule has 206 valence electrons. The molecule has 2 amide bonds. The maximum atomic E-state index is 13.0. The van der Waals surface area contributed by atoms with Gasteiger partial charge in [-0.05, 0) is 93.8 Å². The third-order valence-electron chi connectivity index (χ3n) is 5.81. The van der Waals surface area contributed by atoms with Gasteiger partial charge in [0.2, 0.25) is 0 Å². The van der Waals surface area contributed by atoms with E-state index in [0.29, 0.717) is 26.9 Å². The maximum absolute atomic E-state index is 13.0. The number of ether oxygens (including phenoxy) is 1. The van der Waals surface area contributed by atoms with E-state index < -0.39 is 17.8 Å². The fourth-order valence-corrected chi connectivity index (χ4v) is 4.06. The second-order valence-corrected chi connectivity index (χ2v) is 9.86. The second kappa shape index (κ2) is 13.9. The molecule has 9 heteroatoms. The van der Waals surface area contributed by atoms with Crippen LogP contribution in [0.25, 0.3) is 6.08 Å². The van der Waals surface area contributed by atoms with Gasteiger partial charge in [0.05, 0.1) is 11.8 Å². The summed E-state index contributed by atoms with van der Waals surface area (Å²) in [7, 11) is 3.87. The lowest BCUT2D eigenvalue weighted by Crippen LogP contribution is -2.32. The van der Waals surface area contributed by atoms with Gasteiger partial charge in [-0.1, -0.05) is 42.5 Å². The summed E-state index contributed by atoms with van der Waals surface area (Å²) >= 11 is 3.34. The van der Waals surface area contributed by atoms with Crippen molar-refractivity contribution >= 4 is 51.7 Å². The molecule has 0 radical (unpaired) electrons. The zero-order valence-corrected chi connectivity index (χ0v) is 24.0. The Labute approximate surface area is 246 Å². The molecule has 4 aromatic carbocycles. The number of nitrogens with one attached hydrogen (secondary N) is 2. The summed E-state index contributed by atoms with van der Waals surface area (Å²) in [6, 6.07) is 29.8. The van der Waals surface area contributed by atoms with Crippen LogP contribution in [-0.4, -0.2) is 38.1 Å². The van der Waals surface area contributed by atoms with Crippen LogP contribution in [0.2, 0.25) is 0 Å². The number of carbonyl (C=O) groups excluding carboxylic acids is 3. The highest BCUT2D eigenvalue weighted by molar-refractivity contribution is 9.10. The number of halogens is 1. The predicted octanol–water partition coefficient (Wildman–Crippen LogP) is 5.66. The molecular weight excluding hydrogens is 584 g/mol. The summed E-state index contributed by atoms with van der Waals surface area (Å²) < 4.78 is 6.07. The monoisotopic (exact) mass is 610 g/mol. The molecule has 4 rings (SSSR count). The maximum Gasteiger partial charge on any atom is 0.344 e. The Morgan fingerprint density at radius 2 is 1.44 bits per heavy atom. The molecule has 0 atom stereocenters. The molecule has 0 heterocycles. The lowest BCUT2D eigenvalue weighted by Gasteiger charge is -2.12. The molecule has 0 bridgehead atoms. The van der Waals surface area contributed by atoms with Crippen molar-refractivity contribution in [3.05, 3.63) is 136 Å². The van der Waals surface area contributed by atoms with Crippen molar-refractivity contribution in [1.82, 2.24) is 10.7 Å². The van der Waals surface area contributed by atoms with E-state index in [2.05, 4.69) is 31.8 Å². The summed E-state index contributed by atoms with van der Waals surface area (Å²) in [5.41, 5.74) is 5.71. The Morgan fingerprint density at radius 3 is 2.10 bits per heavy atom. The van der Waals surface area contributed by atoms with Crippen LogP contribution in [0.4, 0.5) is 5.69 Å². The smallest absolute Gasteiger partial charge is 0.344 e. The minimum absolute atomic E-state index is 0.0305. The molecule has 0 spiro atoms. The van der Waals surface area contributed by atoms with Gasteiger partial charge in [0, 0.05) is 29.8 Å². The Kier molecular flexibility index (Phi) is 9.80. The van der Waals surface area contributed by atoms with Crippen LogP contribution < -0.4 is 20.4 Å². The van der Waals surface area contributed by atoms with E-state index in [4.69, 9.17) is 4.74 Å². The van der Waals surface area contributed by atoms with Crippen molar-refractivity contribution in [2.24, 2.45) is 5.10 Å². The van der Waals surface area contributed by atoms with Crippen LogP contribution in [0.3, 0.4) is 0 Å². The normalized spacial score (nSPS) is 11.1. The van der Waals surface area contributed by atoms with Gasteiger partial charge >= 0.3 is 5.97 Å².